The van der Waals surface area contributed by atoms with E-state index in [1.165, 1.54) is 0 Å². The minimum Gasteiger partial charge on any atom is -0.378 e. The van der Waals surface area contributed by atoms with Crippen molar-refractivity contribution in [2.75, 3.05) is 20.8 Å². The first-order valence-electron chi connectivity index (χ1n) is 6.51. The zero-order valence-electron chi connectivity index (χ0n) is 11.7. The molecule has 1 aliphatic heterocycles. The molecule has 0 radical (unpaired) electrons. The number of rotatable bonds is 6. The van der Waals surface area contributed by atoms with Gasteiger partial charge in [0.1, 0.15) is 0 Å². The molecule has 0 bridgehead atoms. The first-order valence-corrected chi connectivity index (χ1v) is 6.51. The molecule has 4 heteroatoms. The third kappa shape index (κ3) is 4.54. The van der Waals surface area contributed by atoms with E-state index in [-0.39, 0.29) is 12.3 Å². The average Bonchev–Trinajstić information content (AvgIpc) is 2.30. The van der Waals surface area contributed by atoms with Crippen molar-refractivity contribution >= 4 is 0 Å². The Morgan fingerprint density at radius 1 is 1.18 bits per heavy atom. The Bertz CT molecular complexity index is 207. The Balaban J connectivity index is 2.40. The number of hydrogen-bond donors (Lipinski definition) is 1. The number of hydrogen-bond acceptors (Lipinski definition) is 4. The third-order valence-corrected chi connectivity index (χ3v) is 3.43. The molecule has 1 heterocycles. The van der Waals surface area contributed by atoms with Gasteiger partial charge in [0.2, 0.25) is 0 Å². The molecule has 0 aromatic rings. The smallest absolute Gasteiger partial charge is 0.171 e. The first kappa shape index (κ1) is 14.9. The summed E-state index contributed by atoms with van der Waals surface area (Å²) in [6.07, 6.45) is 2.32. The molecule has 0 amide bonds. The lowest BCUT2D eigenvalue weighted by Crippen LogP contribution is -2.49. The van der Waals surface area contributed by atoms with Crippen molar-refractivity contribution in [3.05, 3.63) is 0 Å². The van der Waals surface area contributed by atoms with Crippen LogP contribution >= 0.6 is 0 Å². The van der Waals surface area contributed by atoms with Crippen LogP contribution in [-0.2, 0) is 14.2 Å². The van der Waals surface area contributed by atoms with Crippen LogP contribution in [0, 0.1) is 5.92 Å². The summed E-state index contributed by atoms with van der Waals surface area (Å²) in [5.74, 6) is 0.579. The summed E-state index contributed by atoms with van der Waals surface area (Å²) in [6.45, 7) is 7.36. The predicted octanol–water partition coefficient (Wildman–Crippen LogP) is 1.79. The molecule has 1 saturated heterocycles. The highest BCUT2D eigenvalue weighted by Crippen LogP contribution is 2.20. The highest BCUT2D eigenvalue weighted by Gasteiger charge is 2.27. The Kier molecular flexibility index (Phi) is 6.41. The molecule has 0 aromatic heterocycles. The highest BCUT2D eigenvalue weighted by atomic mass is 16.7. The van der Waals surface area contributed by atoms with E-state index in [0.29, 0.717) is 18.1 Å². The van der Waals surface area contributed by atoms with Gasteiger partial charge < -0.3 is 19.5 Å². The summed E-state index contributed by atoms with van der Waals surface area (Å²) in [5, 5.41) is 3.58. The largest absolute Gasteiger partial charge is 0.378 e. The van der Waals surface area contributed by atoms with Crippen LogP contribution in [0.25, 0.3) is 0 Å². The van der Waals surface area contributed by atoms with Crippen molar-refractivity contribution < 1.29 is 14.2 Å². The summed E-state index contributed by atoms with van der Waals surface area (Å²) < 4.78 is 16.3. The van der Waals surface area contributed by atoms with E-state index in [4.69, 9.17) is 14.2 Å². The second-order valence-corrected chi connectivity index (χ2v) is 5.17. The molecule has 1 rings (SSSR count). The molecule has 1 fully saturated rings. The van der Waals surface area contributed by atoms with Crippen LogP contribution in [0.1, 0.15) is 33.6 Å². The van der Waals surface area contributed by atoms with E-state index in [1.807, 2.05) is 0 Å². The zero-order chi connectivity index (χ0) is 12.8. The molecule has 3 unspecified atom stereocenters. The van der Waals surface area contributed by atoms with E-state index in [9.17, 15) is 0 Å². The summed E-state index contributed by atoms with van der Waals surface area (Å²) in [4.78, 5) is 0. The zero-order valence-corrected chi connectivity index (χ0v) is 11.7. The van der Waals surface area contributed by atoms with E-state index < -0.39 is 0 Å². The third-order valence-electron chi connectivity index (χ3n) is 3.43. The number of methoxy groups -OCH3 is 2. The molecule has 0 saturated carbocycles. The van der Waals surface area contributed by atoms with Gasteiger partial charge in [0.15, 0.2) is 6.29 Å². The summed E-state index contributed by atoms with van der Waals surface area (Å²) in [7, 11) is 3.35. The Morgan fingerprint density at radius 3 is 2.35 bits per heavy atom. The molecule has 17 heavy (non-hydrogen) atoms. The van der Waals surface area contributed by atoms with E-state index >= 15 is 0 Å². The topological polar surface area (TPSA) is 39.7 Å². The van der Waals surface area contributed by atoms with Crippen molar-refractivity contribution in [2.45, 2.75) is 58.1 Å². The van der Waals surface area contributed by atoms with Crippen LogP contribution in [0.2, 0.25) is 0 Å². The van der Waals surface area contributed by atoms with Crippen molar-refractivity contribution in [3.63, 3.8) is 0 Å². The van der Waals surface area contributed by atoms with E-state index in [0.717, 1.165) is 19.4 Å². The van der Waals surface area contributed by atoms with Gasteiger partial charge in [0.05, 0.1) is 12.1 Å². The monoisotopic (exact) mass is 245 g/mol. The fourth-order valence-electron chi connectivity index (χ4n) is 2.40. The average molecular weight is 245 g/mol. The van der Waals surface area contributed by atoms with Gasteiger partial charge in [0.25, 0.3) is 0 Å². The maximum absolute atomic E-state index is 5.76. The van der Waals surface area contributed by atoms with Gasteiger partial charge in [-0.15, -0.1) is 0 Å². The van der Waals surface area contributed by atoms with Crippen molar-refractivity contribution in [1.82, 2.24) is 5.32 Å². The molecule has 0 aliphatic carbocycles. The predicted molar refractivity (Wildman–Crippen MR) is 68.0 cm³/mol. The van der Waals surface area contributed by atoms with Gasteiger partial charge in [0, 0.05) is 26.9 Å². The molecular weight excluding hydrogens is 218 g/mol. The van der Waals surface area contributed by atoms with Gasteiger partial charge in [-0.05, 0) is 25.7 Å². The molecule has 1 N–H and O–H groups in total. The first-order chi connectivity index (χ1) is 8.08. The van der Waals surface area contributed by atoms with Gasteiger partial charge in [-0.25, -0.2) is 0 Å². The van der Waals surface area contributed by atoms with Gasteiger partial charge in [-0.1, -0.05) is 13.8 Å². The number of nitrogens with one attached hydrogen (secondary N) is 1. The normalized spacial score (nSPS) is 27.7. The second kappa shape index (κ2) is 7.31. The molecule has 0 spiro atoms. The molecule has 4 nitrogen and oxygen atoms in total. The summed E-state index contributed by atoms with van der Waals surface area (Å²) in [6, 6.07) is 0.694. The number of ether oxygens (including phenoxy) is 3. The molecule has 0 aromatic carbocycles. The lowest BCUT2D eigenvalue weighted by Gasteiger charge is -2.35. The Morgan fingerprint density at radius 2 is 1.82 bits per heavy atom. The molecule has 102 valence electrons. The van der Waals surface area contributed by atoms with Gasteiger partial charge >= 0.3 is 0 Å². The quantitative estimate of drug-likeness (QED) is 0.724. The maximum atomic E-state index is 5.76. The van der Waals surface area contributed by atoms with Crippen LogP contribution in [0.3, 0.4) is 0 Å². The molecule has 1 aliphatic rings. The van der Waals surface area contributed by atoms with Crippen LogP contribution < -0.4 is 5.32 Å². The standard InChI is InChI=1S/C13H27NO3/c1-9(2)12-8-11(6-7-17-12)14-10(3)13(15-4)16-5/h9-14H,6-8H2,1-5H3. The second-order valence-electron chi connectivity index (χ2n) is 5.17. The molecule has 3 atom stereocenters. The minimum atomic E-state index is -0.185. The SMILES string of the molecule is COC(OC)C(C)NC1CCOC(C(C)C)C1. The van der Waals surface area contributed by atoms with Crippen LogP contribution in [0.15, 0.2) is 0 Å². The lowest BCUT2D eigenvalue weighted by molar-refractivity contribution is -0.124. The van der Waals surface area contributed by atoms with Crippen molar-refractivity contribution in [3.8, 4) is 0 Å². The van der Waals surface area contributed by atoms with E-state index in [2.05, 4.69) is 26.1 Å². The van der Waals surface area contributed by atoms with Crippen LogP contribution in [-0.4, -0.2) is 45.3 Å². The van der Waals surface area contributed by atoms with E-state index in [1.54, 1.807) is 14.2 Å². The highest BCUT2D eigenvalue weighted by molar-refractivity contribution is 4.81. The Hall–Kier alpha value is -0.160. The fraction of sp³-hybridized carbons (Fsp3) is 1.00. The molecular formula is C13H27NO3. The lowest BCUT2D eigenvalue weighted by atomic mass is 9.95. The maximum Gasteiger partial charge on any atom is 0.171 e. The fourth-order valence-corrected chi connectivity index (χ4v) is 2.40. The van der Waals surface area contributed by atoms with Crippen molar-refractivity contribution in [1.29, 1.82) is 0 Å². The van der Waals surface area contributed by atoms with Crippen LogP contribution in [0.5, 0.6) is 0 Å². The van der Waals surface area contributed by atoms with Gasteiger partial charge in [-0.3, -0.25) is 0 Å². The Labute approximate surface area is 105 Å². The summed E-state index contributed by atoms with van der Waals surface area (Å²) >= 11 is 0. The minimum absolute atomic E-state index is 0.185. The van der Waals surface area contributed by atoms with Crippen LogP contribution in [0.4, 0.5) is 0 Å². The summed E-state index contributed by atoms with van der Waals surface area (Å²) in [5.41, 5.74) is 0. The van der Waals surface area contributed by atoms with Crippen molar-refractivity contribution in [2.24, 2.45) is 5.92 Å². The van der Waals surface area contributed by atoms with Gasteiger partial charge in [-0.2, -0.15) is 0 Å².